The minimum atomic E-state index is -4.22. The van der Waals surface area contributed by atoms with Crippen molar-refractivity contribution in [3.05, 3.63) is 18.1 Å². The Kier molecular flexibility index (Phi) is 4.80. The molecule has 1 aromatic rings. The van der Waals surface area contributed by atoms with Crippen LogP contribution in [0.2, 0.25) is 0 Å². The minimum absolute atomic E-state index is 0.0463. The van der Waals surface area contributed by atoms with Gasteiger partial charge in [0.05, 0.1) is 18.1 Å². The van der Waals surface area contributed by atoms with E-state index in [0.29, 0.717) is 12.4 Å². The lowest BCUT2D eigenvalue weighted by Crippen LogP contribution is -2.36. The number of hydrogen-bond donors (Lipinski definition) is 1. The maximum Gasteiger partial charge on any atom is 0.405 e. The number of alkyl halides is 3. The summed E-state index contributed by atoms with van der Waals surface area (Å²) >= 11 is 0. The molecule has 0 bridgehead atoms. The summed E-state index contributed by atoms with van der Waals surface area (Å²) < 4.78 is 37.7. The van der Waals surface area contributed by atoms with Gasteiger partial charge >= 0.3 is 6.18 Å². The van der Waals surface area contributed by atoms with Gasteiger partial charge in [0.1, 0.15) is 12.4 Å². The van der Waals surface area contributed by atoms with Crippen LogP contribution in [-0.4, -0.2) is 35.3 Å². The Labute approximate surface area is 116 Å². The molecule has 20 heavy (non-hydrogen) atoms. The van der Waals surface area contributed by atoms with Crippen molar-refractivity contribution >= 4 is 5.82 Å². The van der Waals surface area contributed by atoms with Crippen LogP contribution in [0.25, 0.3) is 0 Å². The zero-order valence-electron chi connectivity index (χ0n) is 11.5. The summed E-state index contributed by atoms with van der Waals surface area (Å²) in [6.45, 7) is 2.57. The van der Waals surface area contributed by atoms with E-state index < -0.39 is 12.7 Å². The molecular formula is C13H19F3N4. The first-order chi connectivity index (χ1) is 9.49. The van der Waals surface area contributed by atoms with E-state index in [9.17, 15) is 13.2 Å². The summed E-state index contributed by atoms with van der Waals surface area (Å²) in [5.74, 6) is 0.309. The summed E-state index contributed by atoms with van der Waals surface area (Å²) in [4.78, 5) is 9.61. The van der Waals surface area contributed by atoms with Gasteiger partial charge in [0.25, 0.3) is 0 Å². The van der Waals surface area contributed by atoms with Crippen LogP contribution in [-0.2, 0) is 6.54 Å². The summed E-state index contributed by atoms with van der Waals surface area (Å²) in [5.41, 5.74) is 0.741. The molecule has 0 saturated heterocycles. The average molecular weight is 288 g/mol. The smallest absolute Gasteiger partial charge is 0.343 e. The molecule has 2 rings (SSSR count). The first-order valence-corrected chi connectivity index (χ1v) is 6.84. The topological polar surface area (TPSA) is 41.1 Å². The number of aromatic nitrogens is 2. The summed E-state index contributed by atoms with van der Waals surface area (Å²) in [6.07, 6.45) is 1.37. The Morgan fingerprint density at radius 2 is 2.05 bits per heavy atom. The predicted octanol–water partition coefficient (Wildman–Crippen LogP) is 2.51. The maximum absolute atomic E-state index is 12.6. The van der Waals surface area contributed by atoms with Crippen LogP contribution in [0.3, 0.4) is 0 Å². The number of rotatable bonds is 7. The van der Waals surface area contributed by atoms with Gasteiger partial charge in [-0.25, -0.2) is 4.98 Å². The van der Waals surface area contributed by atoms with E-state index in [2.05, 4.69) is 22.2 Å². The van der Waals surface area contributed by atoms with Crippen molar-refractivity contribution in [2.45, 2.75) is 44.9 Å². The molecule has 1 N–H and O–H groups in total. The molecule has 0 aliphatic heterocycles. The van der Waals surface area contributed by atoms with E-state index in [1.165, 1.54) is 11.1 Å². The molecule has 1 fully saturated rings. The molecule has 0 unspecified atom stereocenters. The van der Waals surface area contributed by atoms with Gasteiger partial charge in [-0.3, -0.25) is 4.98 Å². The molecule has 0 spiro atoms. The molecule has 0 aromatic carbocycles. The summed E-state index contributed by atoms with van der Waals surface area (Å²) in [6, 6.07) is -0.0463. The van der Waals surface area contributed by atoms with Crippen LogP contribution in [0.4, 0.5) is 19.0 Å². The van der Waals surface area contributed by atoms with Crippen LogP contribution < -0.4 is 10.2 Å². The van der Waals surface area contributed by atoms with Crippen molar-refractivity contribution in [1.29, 1.82) is 0 Å². The van der Waals surface area contributed by atoms with Crippen molar-refractivity contribution in [2.75, 3.05) is 18.0 Å². The van der Waals surface area contributed by atoms with Crippen LogP contribution in [0, 0.1) is 0 Å². The number of halogens is 3. The molecule has 0 atom stereocenters. The second kappa shape index (κ2) is 6.39. The van der Waals surface area contributed by atoms with Crippen molar-refractivity contribution in [2.24, 2.45) is 0 Å². The van der Waals surface area contributed by atoms with Crippen molar-refractivity contribution in [3.8, 4) is 0 Å². The van der Waals surface area contributed by atoms with Crippen LogP contribution >= 0.6 is 0 Å². The second-order valence-electron chi connectivity index (χ2n) is 5.02. The van der Waals surface area contributed by atoms with Gasteiger partial charge in [0.2, 0.25) is 0 Å². The van der Waals surface area contributed by atoms with Gasteiger partial charge < -0.3 is 10.2 Å². The largest absolute Gasteiger partial charge is 0.405 e. The number of nitrogens with one attached hydrogen (secondary N) is 1. The molecule has 1 aliphatic rings. The van der Waals surface area contributed by atoms with E-state index in [0.717, 1.165) is 31.5 Å². The number of hydrogen-bond acceptors (Lipinski definition) is 4. The maximum atomic E-state index is 12.6. The fraction of sp³-hybridized carbons (Fsp3) is 0.692. The van der Waals surface area contributed by atoms with Gasteiger partial charge in [-0.05, 0) is 25.8 Å². The summed E-state index contributed by atoms with van der Waals surface area (Å²) in [7, 11) is 0. The highest BCUT2D eigenvalue weighted by atomic mass is 19.4. The van der Waals surface area contributed by atoms with E-state index in [-0.39, 0.29) is 6.04 Å². The second-order valence-corrected chi connectivity index (χ2v) is 5.02. The first kappa shape index (κ1) is 15.0. The van der Waals surface area contributed by atoms with E-state index in [4.69, 9.17) is 0 Å². The van der Waals surface area contributed by atoms with Gasteiger partial charge in [-0.2, -0.15) is 13.2 Å². The lowest BCUT2D eigenvalue weighted by Gasteiger charge is -2.24. The third-order valence-corrected chi connectivity index (χ3v) is 3.06. The molecule has 112 valence electrons. The van der Waals surface area contributed by atoms with Crippen molar-refractivity contribution in [1.82, 2.24) is 15.3 Å². The summed E-state index contributed by atoms with van der Waals surface area (Å²) in [5, 5.41) is 3.18. The Bertz CT molecular complexity index is 415. The SMILES string of the molecule is CCCNCc1cnc(N(CC(F)(F)F)C2CC2)cn1. The Balaban J connectivity index is 1.99. The van der Waals surface area contributed by atoms with Crippen LogP contribution in [0.1, 0.15) is 31.9 Å². The number of nitrogens with zero attached hydrogens (tertiary/aromatic N) is 3. The lowest BCUT2D eigenvalue weighted by molar-refractivity contribution is -0.120. The third kappa shape index (κ3) is 4.63. The minimum Gasteiger partial charge on any atom is -0.343 e. The van der Waals surface area contributed by atoms with Gasteiger partial charge in [0, 0.05) is 12.6 Å². The van der Waals surface area contributed by atoms with Crippen molar-refractivity contribution < 1.29 is 13.2 Å². The normalized spacial score (nSPS) is 15.4. The van der Waals surface area contributed by atoms with Gasteiger partial charge in [-0.1, -0.05) is 6.92 Å². The zero-order valence-corrected chi connectivity index (χ0v) is 11.5. The molecule has 1 aliphatic carbocycles. The van der Waals surface area contributed by atoms with E-state index in [1.54, 1.807) is 6.20 Å². The Morgan fingerprint density at radius 1 is 1.30 bits per heavy atom. The monoisotopic (exact) mass is 288 g/mol. The number of anilines is 1. The Hall–Kier alpha value is -1.37. The fourth-order valence-corrected chi connectivity index (χ4v) is 1.96. The predicted molar refractivity (Wildman–Crippen MR) is 70.5 cm³/mol. The highest BCUT2D eigenvalue weighted by Gasteiger charge is 2.38. The highest BCUT2D eigenvalue weighted by Crippen LogP contribution is 2.33. The molecule has 1 heterocycles. The molecule has 0 amide bonds. The molecule has 1 aromatic heterocycles. The van der Waals surface area contributed by atoms with Gasteiger partial charge in [-0.15, -0.1) is 0 Å². The third-order valence-electron chi connectivity index (χ3n) is 3.06. The standard InChI is InChI=1S/C13H19F3N4/c1-2-5-17-6-10-7-19-12(8-18-10)20(11-3-4-11)9-13(14,15)16/h7-8,11,17H,2-6,9H2,1H3. The first-order valence-electron chi connectivity index (χ1n) is 6.84. The lowest BCUT2D eigenvalue weighted by atomic mass is 10.4. The van der Waals surface area contributed by atoms with E-state index in [1.807, 2.05) is 0 Å². The average Bonchev–Trinajstić information content (AvgIpc) is 3.20. The zero-order chi connectivity index (χ0) is 14.6. The highest BCUT2D eigenvalue weighted by molar-refractivity contribution is 5.39. The van der Waals surface area contributed by atoms with Crippen LogP contribution in [0.5, 0.6) is 0 Å². The molecule has 7 heteroatoms. The quantitative estimate of drug-likeness (QED) is 0.783. The van der Waals surface area contributed by atoms with Crippen LogP contribution in [0.15, 0.2) is 12.4 Å². The molecular weight excluding hydrogens is 269 g/mol. The van der Waals surface area contributed by atoms with Gasteiger partial charge in [0.15, 0.2) is 0 Å². The van der Waals surface area contributed by atoms with Crippen molar-refractivity contribution in [3.63, 3.8) is 0 Å². The molecule has 4 nitrogen and oxygen atoms in total. The molecule has 0 radical (unpaired) electrons. The Morgan fingerprint density at radius 3 is 2.55 bits per heavy atom. The van der Waals surface area contributed by atoms with E-state index >= 15 is 0 Å². The fourth-order valence-electron chi connectivity index (χ4n) is 1.96. The molecule has 1 saturated carbocycles.